The molecule has 4 heteroatoms. The Morgan fingerprint density at radius 1 is 1.25 bits per heavy atom. The fraction of sp³-hybridized carbons (Fsp3) is 0.938. The van der Waals surface area contributed by atoms with Crippen molar-refractivity contribution in [3.05, 3.63) is 0 Å². The molecule has 0 aliphatic heterocycles. The topological polar surface area (TPSA) is 49.3 Å². The molecule has 0 saturated heterocycles. The molecule has 20 heavy (non-hydrogen) atoms. The number of carbonyl (C=O) groups is 1. The molecule has 5 unspecified atom stereocenters. The second kappa shape index (κ2) is 7.69. The van der Waals surface area contributed by atoms with Crippen molar-refractivity contribution in [2.45, 2.75) is 63.2 Å². The van der Waals surface area contributed by atoms with Gasteiger partial charge in [0.25, 0.3) is 0 Å². The molecule has 0 aromatic carbocycles. The first-order chi connectivity index (χ1) is 9.65. The molecule has 2 fully saturated rings. The summed E-state index contributed by atoms with van der Waals surface area (Å²) >= 11 is 1.62. The van der Waals surface area contributed by atoms with E-state index in [9.17, 15) is 9.90 Å². The van der Waals surface area contributed by atoms with Crippen LogP contribution in [0.25, 0.3) is 0 Å². The largest absolute Gasteiger partial charge is 0.395 e. The third kappa shape index (κ3) is 3.91. The quantitative estimate of drug-likeness (QED) is 0.821. The minimum Gasteiger partial charge on any atom is -0.395 e. The smallest absolute Gasteiger partial charge is 0.223 e. The summed E-state index contributed by atoms with van der Waals surface area (Å²) in [4.78, 5) is 12.4. The minimum atomic E-state index is 0.0478. The zero-order valence-corrected chi connectivity index (χ0v) is 13.6. The van der Waals surface area contributed by atoms with Crippen LogP contribution in [0.5, 0.6) is 0 Å². The van der Waals surface area contributed by atoms with E-state index in [1.54, 1.807) is 11.8 Å². The summed E-state index contributed by atoms with van der Waals surface area (Å²) in [5.74, 6) is 2.10. The minimum absolute atomic E-state index is 0.0478. The molecule has 1 amide bonds. The monoisotopic (exact) mass is 299 g/mol. The maximum atomic E-state index is 12.4. The number of carbonyl (C=O) groups excluding carboxylic acids is 1. The molecule has 2 aliphatic carbocycles. The van der Waals surface area contributed by atoms with Gasteiger partial charge < -0.3 is 10.4 Å². The van der Waals surface area contributed by atoms with Crippen molar-refractivity contribution in [2.24, 2.45) is 17.8 Å². The van der Waals surface area contributed by atoms with Gasteiger partial charge in [-0.25, -0.2) is 0 Å². The molecule has 2 N–H and O–H groups in total. The Morgan fingerprint density at radius 2 is 1.95 bits per heavy atom. The molecule has 0 aromatic heterocycles. The van der Waals surface area contributed by atoms with Crippen LogP contribution in [0.3, 0.4) is 0 Å². The maximum Gasteiger partial charge on any atom is 0.223 e. The molecule has 5 atom stereocenters. The Morgan fingerprint density at radius 3 is 2.60 bits per heavy atom. The van der Waals surface area contributed by atoms with Crippen molar-refractivity contribution < 1.29 is 9.90 Å². The number of thioether (sulfide) groups is 1. The first kappa shape index (κ1) is 16.2. The second-order valence-corrected chi connectivity index (χ2v) is 7.65. The van der Waals surface area contributed by atoms with Crippen LogP contribution in [0.4, 0.5) is 0 Å². The molecule has 0 bridgehead atoms. The molecule has 0 spiro atoms. The highest BCUT2D eigenvalue weighted by molar-refractivity contribution is 7.99. The molecule has 2 aliphatic rings. The summed E-state index contributed by atoms with van der Waals surface area (Å²) in [5.41, 5.74) is 0. The van der Waals surface area contributed by atoms with Crippen LogP contribution in [-0.4, -0.2) is 35.2 Å². The van der Waals surface area contributed by atoms with E-state index in [-0.39, 0.29) is 29.7 Å². The average molecular weight is 299 g/mol. The van der Waals surface area contributed by atoms with E-state index in [4.69, 9.17) is 0 Å². The van der Waals surface area contributed by atoms with Crippen LogP contribution in [0.1, 0.15) is 51.9 Å². The lowest BCUT2D eigenvalue weighted by atomic mass is 9.67. The van der Waals surface area contributed by atoms with Gasteiger partial charge in [-0.15, -0.1) is 0 Å². The Hall–Kier alpha value is -0.220. The number of aliphatic hydroxyl groups is 1. The van der Waals surface area contributed by atoms with Gasteiger partial charge in [0.1, 0.15) is 0 Å². The molecule has 116 valence electrons. The van der Waals surface area contributed by atoms with Crippen LogP contribution in [0.2, 0.25) is 0 Å². The van der Waals surface area contributed by atoms with Crippen molar-refractivity contribution in [3.63, 3.8) is 0 Å². The fourth-order valence-corrected chi connectivity index (χ4v) is 4.61. The Kier molecular flexibility index (Phi) is 6.21. The van der Waals surface area contributed by atoms with Crippen LogP contribution in [0, 0.1) is 17.8 Å². The number of amides is 1. The van der Waals surface area contributed by atoms with E-state index >= 15 is 0 Å². The van der Waals surface area contributed by atoms with Gasteiger partial charge in [-0.05, 0) is 44.3 Å². The van der Waals surface area contributed by atoms with E-state index in [1.165, 1.54) is 32.1 Å². The molecule has 0 radical (unpaired) electrons. The first-order valence-corrected chi connectivity index (χ1v) is 9.38. The van der Waals surface area contributed by atoms with E-state index < -0.39 is 0 Å². The number of aliphatic hydroxyl groups excluding tert-OH is 1. The fourth-order valence-electron chi connectivity index (χ4n) is 3.98. The first-order valence-electron chi connectivity index (χ1n) is 8.09. The molecular formula is C16H29NO2S. The maximum absolute atomic E-state index is 12.4. The number of nitrogens with one attached hydrogen (secondary N) is 1. The van der Waals surface area contributed by atoms with Crippen molar-refractivity contribution in [1.29, 1.82) is 0 Å². The SMILES string of the molecule is CSC(CO)C(C)NC(=O)C1CCC2CCCCC2C1. The lowest BCUT2D eigenvalue weighted by Gasteiger charge is -2.39. The highest BCUT2D eigenvalue weighted by Gasteiger charge is 2.35. The van der Waals surface area contributed by atoms with Gasteiger partial charge in [0.2, 0.25) is 5.91 Å². The molecule has 2 rings (SSSR count). The number of fused-ring (bicyclic) bond motifs is 1. The van der Waals surface area contributed by atoms with E-state index in [1.807, 2.05) is 13.2 Å². The Balaban J connectivity index is 1.83. The molecular weight excluding hydrogens is 270 g/mol. The summed E-state index contributed by atoms with van der Waals surface area (Å²) in [6.45, 7) is 2.12. The molecule has 0 heterocycles. The standard InChI is InChI=1S/C16H29NO2S/c1-11(15(10-18)20-2)17-16(19)14-8-7-12-5-3-4-6-13(12)9-14/h11-15,18H,3-10H2,1-2H3,(H,17,19). The number of hydrogen-bond acceptors (Lipinski definition) is 3. The van der Waals surface area contributed by atoms with Crippen LogP contribution in [0.15, 0.2) is 0 Å². The third-order valence-corrected chi connectivity index (χ3v) is 6.48. The van der Waals surface area contributed by atoms with E-state index in [2.05, 4.69) is 5.32 Å². The van der Waals surface area contributed by atoms with Crippen molar-refractivity contribution >= 4 is 17.7 Å². The van der Waals surface area contributed by atoms with Crippen molar-refractivity contribution in [3.8, 4) is 0 Å². The van der Waals surface area contributed by atoms with Crippen LogP contribution < -0.4 is 5.32 Å². The lowest BCUT2D eigenvalue weighted by molar-refractivity contribution is -0.127. The van der Waals surface area contributed by atoms with Gasteiger partial charge in [-0.1, -0.05) is 25.7 Å². The summed E-state index contributed by atoms with van der Waals surface area (Å²) in [7, 11) is 0. The van der Waals surface area contributed by atoms with E-state index in [0.717, 1.165) is 24.7 Å². The van der Waals surface area contributed by atoms with Gasteiger partial charge in [0, 0.05) is 17.2 Å². The molecule has 2 saturated carbocycles. The van der Waals surface area contributed by atoms with Crippen LogP contribution >= 0.6 is 11.8 Å². The van der Waals surface area contributed by atoms with Crippen molar-refractivity contribution in [1.82, 2.24) is 5.32 Å². The van der Waals surface area contributed by atoms with Crippen LogP contribution in [-0.2, 0) is 4.79 Å². The summed E-state index contributed by atoms with van der Waals surface area (Å²) in [6, 6.07) is 0.0478. The summed E-state index contributed by atoms with van der Waals surface area (Å²) < 4.78 is 0. The normalized spacial score (nSPS) is 33.0. The van der Waals surface area contributed by atoms with Gasteiger partial charge in [-0.3, -0.25) is 4.79 Å². The zero-order valence-electron chi connectivity index (χ0n) is 12.8. The third-order valence-electron chi connectivity index (χ3n) is 5.32. The summed E-state index contributed by atoms with van der Waals surface area (Å²) in [6.07, 6.45) is 10.8. The molecule has 3 nitrogen and oxygen atoms in total. The Labute approximate surface area is 127 Å². The lowest BCUT2D eigenvalue weighted by Crippen LogP contribution is -2.45. The predicted molar refractivity (Wildman–Crippen MR) is 84.8 cm³/mol. The average Bonchev–Trinajstić information content (AvgIpc) is 2.48. The zero-order chi connectivity index (χ0) is 14.5. The number of rotatable bonds is 5. The number of hydrogen-bond donors (Lipinski definition) is 2. The Bertz CT molecular complexity index is 320. The van der Waals surface area contributed by atoms with Gasteiger partial charge in [0.15, 0.2) is 0 Å². The van der Waals surface area contributed by atoms with E-state index in [0.29, 0.717) is 0 Å². The second-order valence-electron chi connectivity index (χ2n) is 6.57. The van der Waals surface area contributed by atoms with Gasteiger partial charge in [0.05, 0.1) is 6.61 Å². The predicted octanol–water partition coefficient (Wildman–Crippen LogP) is 2.82. The molecule has 0 aromatic rings. The van der Waals surface area contributed by atoms with Gasteiger partial charge in [-0.2, -0.15) is 11.8 Å². The van der Waals surface area contributed by atoms with Crippen molar-refractivity contribution in [2.75, 3.05) is 12.9 Å². The highest BCUT2D eigenvalue weighted by atomic mass is 32.2. The highest BCUT2D eigenvalue weighted by Crippen LogP contribution is 2.42. The van der Waals surface area contributed by atoms with Gasteiger partial charge >= 0.3 is 0 Å². The summed E-state index contributed by atoms with van der Waals surface area (Å²) in [5, 5.41) is 12.5.